The molecule has 0 bridgehead atoms. The van der Waals surface area contributed by atoms with Gasteiger partial charge in [0, 0.05) is 18.3 Å². The Kier molecular flexibility index (Phi) is 4.11. The summed E-state index contributed by atoms with van der Waals surface area (Å²) in [6, 6.07) is 0. The summed E-state index contributed by atoms with van der Waals surface area (Å²) in [5.41, 5.74) is 0.516. The molecular formula is C9H11N3O3S2. The number of aromatic nitrogens is 3. The van der Waals surface area contributed by atoms with Crippen molar-refractivity contribution in [1.82, 2.24) is 15.0 Å². The topological polar surface area (TPSA) is 80.2 Å². The minimum absolute atomic E-state index is 0.408. The van der Waals surface area contributed by atoms with E-state index in [1.54, 1.807) is 13.4 Å². The highest BCUT2D eigenvalue weighted by Gasteiger charge is 2.17. The third-order valence-corrected chi connectivity index (χ3v) is 4.28. The number of ether oxygens (including phenoxy) is 2. The van der Waals surface area contributed by atoms with E-state index in [9.17, 15) is 4.55 Å². The van der Waals surface area contributed by atoms with Gasteiger partial charge in [0.25, 0.3) is 0 Å². The van der Waals surface area contributed by atoms with Crippen LogP contribution in [0.25, 0.3) is 10.3 Å². The molecule has 0 amide bonds. The normalized spacial score (nSPS) is 12.9. The number of hydrogen-bond acceptors (Lipinski definition) is 7. The molecule has 2 aromatic heterocycles. The second-order valence-corrected chi connectivity index (χ2v) is 5.66. The summed E-state index contributed by atoms with van der Waals surface area (Å²) in [7, 11) is 1.60. The Hall–Kier alpha value is -0.960. The Morgan fingerprint density at radius 1 is 1.41 bits per heavy atom. The summed E-state index contributed by atoms with van der Waals surface area (Å²) in [6.07, 6.45) is 2.96. The largest absolute Gasteiger partial charge is 0.610 e. The van der Waals surface area contributed by atoms with Gasteiger partial charge in [0.1, 0.15) is 23.9 Å². The van der Waals surface area contributed by atoms with Gasteiger partial charge in [-0.3, -0.25) is 0 Å². The van der Waals surface area contributed by atoms with Gasteiger partial charge in [-0.15, -0.1) is 0 Å². The van der Waals surface area contributed by atoms with Crippen LogP contribution in [0.4, 0.5) is 0 Å². The fourth-order valence-electron chi connectivity index (χ4n) is 1.16. The Morgan fingerprint density at radius 2 is 2.24 bits per heavy atom. The van der Waals surface area contributed by atoms with E-state index < -0.39 is 11.2 Å². The zero-order valence-corrected chi connectivity index (χ0v) is 11.0. The summed E-state index contributed by atoms with van der Waals surface area (Å²) >= 11 is 0.170. The molecule has 0 aliphatic heterocycles. The lowest BCUT2D eigenvalue weighted by molar-refractivity contribution is 0.144. The van der Waals surface area contributed by atoms with Gasteiger partial charge < -0.3 is 14.0 Å². The van der Waals surface area contributed by atoms with Gasteiger partial charge >= 0.3 is 4.34 Å². The van der Waals surface area contributed by atoms with E-state index in [2.05, 4.69) is 15.0 Å². The van der Waals surface area contributed by atoms with Crippen LogP contribution in [0, 0.1) is 0 Å². The molecule has 6 nitrogen and oxygen atoms in total. The molecule has 2 heterocycles. The maximum atomic E-state index is 11.3. The summed E-state index contributed by atoms with van der Waals surface area (Å²) in [4.78, 5) is 12.2. The highest BCUT2D eigenvalue weighted by atomic mass is 32.2. The smallest absolute Gasteiger partial charge is 0.304 e. The van der Waals surface area contributed by atoms with Crippen molar-refractivity contribution in [3.05, 3.63) is 6.33 Å². The van der Waals surface area contributed by atoms with Crippen molar-refractivity contribution >= 4 is 32.9 Å². The van der Waals surface area contributed by atoms with Gasteiger partial charge in [0.05, 0.1) is 6.61 Å². The monoisotopic (exact) mass is 273 g/mol. The molecule has 0 aromatic carbocycles. The first kappa shape index (κ1) is 12.5. The fraction of sp³-hybridized carbons (Fsp3) is 0.444. The van der Waals surface area contributed by atoms with Crippen LogP contribution in [0.15, 0.2) is 10.7 Å². The van der Waals surface area contributed by atoms with E-state index in [4.69, 9.17) is 9.47 Å². The lowest BCUT2D eigenvalue weighted by Crippen LogP contribution is -2.05. The minimum Gasteiger partial charge on any atom is -0.610 e. The number of hydrogen-bond donors (Lipinski definition) is 0. The highest BCUT2D eigenvalue weighted by Crippen LogP contribution is 2.29. The Labute approximate surface area is 105 Å². The molecule has 1 unspecified atom stereocenters. The molecule has 0 radical (unpaired) electrons. The summed E-state index contributed by atoms with van der Waals surface area (Å²) in [6.45, 7) is 0.891. The van der Waals surface area contributed by atoms with Crippen molar-refractivity contribution < 1.29 is 14.0 Å². The van der Waals surface area contributed by atoms with Crippen molar-refractivity contribution in [1.29, 1.82) is 0 Å². The molecule has 2 rings (SSSR count). The molecule has 0 fully saturated rings. The van der Waals surface area contributed by atoms with Gasteiger partial charge in [-0.1, -0.05) is 11.3 Å². The molecule has 1 atom stereocenters. The van der Waals surface area contributed by atoms with Crippen molar-refractivity contribution in [3.63, 3.8) is 0 Å². The van der Waals surface area contributed by atoms with Crippen LogP contribution < -0.4 is 4.74 Å². The number of thiazole rings is 1. The Morgan fingerprint density at radius 3 is 2.94 bits per heavy atom. The lowest BCUT2D eigenvalue weighted by atomic mass is 10.6. The molecule has 0 aliphatic rings. The highest BCUT2D eigenvalue weighted by molar-refractivity contribution is 7.92. The standard InChI is InChI=1S/C9H11N3O3S2/c1-14-3-4-15-8-6-7(10-5-11-8)12-9(16-6)17(2)13/h5H,3-4H2,1-2H3. The predicted molar refractivity (Wildman–Crippen MR) is 64.9 cm³/mol. The Balaban J connectivity index is 2.29. The average Bonchev–Trinajstić information content (AvgIpc) is 2.74. The number of methoxy groups -OCH3 is 1. The molecule has 0 aliphatic carbocycles. The summed E-state index contributed by atoms with van der Waals surface area (Å²) in [5.74, 6) is 0.459. The lowest BCUT2D eigenvalue weighted by Gasteiger charge is -2.03. The molecule has 0 spiro atoms. The number of rotatable bonds is 5. The van der Waals surface area contributed by atoms with Crippen LogP contribution in [0.5, 0.6) is 5.88 Å². The molecular weight excluding hydrogens is 262 g/mol. The second-order valence-electron chi connectivity index (χ2n) is 3.11. The molecule has 0 saturated heterocycles. The van der Waals surface area contributed by atoms with Crippen LogP contribution >= 0.6 is 11.3 Å². The molecule has 92 valence electrons. The van der Waals surface area contributed by atoms with Gasteiger partial charge in [-0.2, -0.15) is 4.98 Å². The summed E-state index contributed by atoms with van der Waals surface area (Å²) in [5, 5.41) is 0. The molecule has 8 heteroatoms. The SMILES string of the molecule is COCCOc1ncnc2nc([S+](C)[O-])sc12. The average molecular weight is 273 g/mol. The minimum atomic E-state index is -1.12. The fourth-order valence-corrected chi connectivity index (χ4v) is 2.79. The van der Waals surface area contributed by atoms with E-state index in [0.717, 1.165) is 0 Å². The molecule has 2 aromatic rings. The van der Waals surface area contributed by atoms with E-state index in [1.165, 1.54) is 17.7 Å². The maximum Gasteiger partial charge on any atom is 0.304 e. The zero-order valence-electron chi connectivity index (χ0n) is 9.37. The quantitative estimate of drug-likeness (QED) is 0.593. The van der Waals surface area contributed by atoms with Gasteiger partial charge in [-0.05, 0) is 0 Å². The first-order valence-electron chi connectivity index (χ1n) is 4.79. The van der Waals surface area contributed by atoms with Crippen molar-refractivity contribution in [2.45, 2.75) is 4.34 Å². The van der Waals surface area contributed by atoms with Crippen LogP contribution in [0.3, 0.4) is 0 Å². The van der Waals surface area contributed by atoms with Crippen LogP contribution in [-0.4, -0.2) is 46.1 Å². The third-order valence-electron chi connectivity index (χ3n) is 1.91. The molecule has 0 N–H and O–H groups in total. The van der Waals surface area contributed by atoms with Crippen molar-refractivity contribution in [2.24, 2.45) is 0 Å². The first-order chi connectivity index (χ1) is 8.22. The van der Waals surface area contributed by atoms with E-state index in [-0.39, 0.29) is 0 Å². The molecule has 17 heavy (non-hydrogen) atoms. The van der Waals surface area contributed by atoms with Crippen LogP contribution in [0.1, 0.15) is 0 Å². The number of fused-ring (bicyclic) bond motifs is 1. The first-order valence-corrected chi connectivity index (χ1v) is 7.16. The van der Waals surface area contributed by atoms with Crippen LogP contribution in [-0.2, 0) is 15.9 Å². The van der Waals surface area contributed by atoms with Gasteiger partial charge in [0.15, 0.2) is 5.65 Å². The van der Waals surface area contributed by atoms with E-state index in [0.29, 0.717) is 33.8 Å². The Bertz CT molecular complexity index is 503. The third kappa shape index (κ3) is 2.83. The van der Waals surface area contributed by atoms with E-state index in [1.807, 2.05) is 0 Å². The maximum absolute atomic E-state index is 11.3. The number of nitrogens with zero attached hydrogens (tertiary/aromatic N) is 3. The predicted octanol–water partition coefficient (Wildman–Crippen LogP) is 0.849. The van der Waals surface area contributed by atoms with Crippen LogP contribution in [0.2, 0.25) is 0 Å². The summed E-state index contributed by atoms with van der Waals surface area (Å²) < 4.78 is 22.9. The zero-order chi connectivity index (χ0) is 12.3. The van der Waals surface area contributed by atoms with Gasteiger partial charge in [-0.25, -0.2) is 9.97 Å². The molecule has 0 saturated carbocycles. The van der Waals surface area contributed by atoms with Crippen molar-refractivity contribution in [2.75, 3.05) is 26.6 Å². The van der Waals surface area contributed by atoms with E-state index >= 15 is 0 Å². The van der Waals surface area contributed by atoms with Crippen molar-refractivity contribution in [3.8, 4) is 5.88 Å². The van der Waals surface area contributed by atoms with Gasteiger partial charge in [0.2, 0.25) is 5.88 Å². The second kappa shape index (κ2) is 5.58.